The number of Topliss-reactive ketones (excluding diaryl/α,β-unsaturated/α-hetero) is 3. The predicted molar refractivity (Wildman–Crippen MR) is 453 cm³/mol. The number of nitrogens with one attached hydrogen (secondary N) is 2. The predicted octanol–water partition coefficient (Wildman–Crippen LogP) is 13.7. The molecule has 8 aromatic rings. The summed E-state index contributed by atoms with van der Waals surface area (Å²) in [5.74, 6) is -3.99. The molecule has 0 saturated heterocycles. The van der Waals surface area contributed by atoms with Gasteiger partial charge in [-0.1, -0.05) is 11.6 Å². The number of pyridine rings is 3. The van der Waals surface area contributed by atoms with E-state index in [-0.39, 0.29) is 152 Å². The van der Waals surface area contributed by atoms with Crippen LogP contribution in [0.4, 0.5) is 22.0 Å². The first-order chi connectivity index (χ1) is 57.2. The number of nitrogens with zero attached hydrogens (tertiary/aromatic N) is 3. The fourth-order valence-corrected chi connectivity index (χ4v) is 15.0. The van der Waals surface area contributed by atoms with E-state index in [1.807, 2.05) is 55.4 Å². The number of fused-ring (bicyclic) bond motifs is 3. The fraction of sp³-hybridized carbons (Fsp3) is 0.461. The molecule has 5 aromatic carbocycles. The van der Waals surface area contributed by atoms with Crippen LogP contribution in [0.25, 0.3) is 22.5 Å². The van der Waals surface area contributed by atoms with E-state index in [1.54, 1.807) is 49.4 Å². The van der Waals surface area contributed by atoms with Gasteiger partial charge in [0.25, 0.3) is 0 Å². The normalized spacial score (nSPS) is 19.1. The van der Waals surface area contributed by atoms with E-state index in [2.05, 4.69) is 19.4 Å². The molecule has 6 heterocycles. The number of nitrogens with two attached hydrogens (primary N) is 1. The third-order valence-electron chi connectivity index (χ3n) is 20.4. The molecule has 26 nitrogen and oxygen atoms in total. The van der Waals surface area contributed by atoms with Crippen molar-refractivity contribution in [2.24, 2.45) is 5.73 Å². The third-order valence-corrected chi connectivity index (χ3v) is 24.2. The van der Waals surface area contributed by atoms with Crippen molar-refractivity contribution in [3.8, 4) is 74.3 Å². The highest BCUT2D eigenvalue weighted by atomic mass is 35.5. The molecule has 0 saturated carbocycles. The largest absolute Gasteiger partial charge is 0.493 e. The Labute approximate surface area is 721 Å². The van der Waals surface area contributed by atoms with Crippen LogP contribution in [-0.4, -0.2) is 160 Å². The van der Waals surface area contributed by atoms with Crippen molar-refractivity contribution in [2.45, 2.75) is 204 Å². The highest BCUT2D eigenvalue weighted by Crippen LogP contribution is 2.49. The number of ether oxygens (including phenoxy) is 9. The molecule has 668 valence electrons. The number of benzene rings is 5. The van der Waals surface area contributed by atoms with Gasteiger partial charge in [-0.2, -0.15) is 0 Å². The molecule has 0 radical (unpaired) electrons. The van der Waals surface area contributed by atoms with Crippen LogP contribution in [0.1, 0.15) is 207 Å². The Kier molecular flexibility index (Phi) is 30.9. The molecule has 0 amide bonds. The summed E-state index contributed by atoms with van der Waals surface area (Å²) in [5, 5.41) is 62.8. The number of aromatic nitrogens is 3. The highest BCUT2D eigenvalue weighted by molar-refractivity contribution is 7.84. The van der Waals surface area contributed by atoms with Crippen LogP contribution in [0.5, 0.6) is 51.7 Å². The molecule has 10 N–H and O–H groups in total. The topological polar surface area (TPSA) is 379 Å². The van der Waals surface area contributed by atoms with Gasteiger partial charge in [0.1, 0.15) is 79.5 Å². The zero-order valence-corrected chi connectivity index (χ0v) is 74.3. The first kappa shape index (κ1) is 97.4. The van der Waals surface area contributed by atoms with E-state index < -0.39 is 130 Å². The molecule has 3 aromatic heterocycles. The molecule has 0 fully saturated rings. The van der Waals surface area contributed by atoms with Crippen molar-refractivity contribution in [1.29, 1.82) is 0 Å². The van der Waals surface area contributed by atoms with Gasteiger partial charge in [-0.25, -0.2) is 54.8 Å². The monoisotopic (exact) mass is 1770 g/mol. The lowest BCUT2D eigenvalue weighted by molar-refractivity contribution is 0.0394. The van der Waals surface area contributed by atoms with Crippen molar-refractivity contribution in [2.75, 3.05) is 61.0 Å². The Hall–Kier alpha value is -9.36. The Balaban J connectivity index is 0.000000210. The molecular weight excluding hydrogens is 1670 g/mol. The summed E-state index contributed by atoms with van der Waals surface area (Å²) in [5.41, 5.74) is 3.57. The maximum atomic E-state index is 14.9. The van der Waals surface area contributed by atoms with Crippen LogP contribution in [0.2, 0.25) is 5.15 Å². The molecule has 11 rings (SSSR count). The second-order valence-electron chi connectivity index (χ2n) is 34.1. The van der Waals surface area contributed by atoms with Gasteiger partial charge in [0.05, 0.1) is 105 Å². The second kappa shape index (κ2) is 39.0. The first-order valence-electron chi connectivity index (χ1n) is 39.5. The van der Waals surface area contributed by atoms with Crippen LogP contribution < -0.4 is 57.8 Å². The van der Waals surface area contributed by atoms with Gasteiger partial charge in [-0.05, 0) is 226 Å². The van der Waals surface area contributed by atoms with Crippen molar-refractivity contribution in [1.82, 2.24) is 24.4 Å². The minimum absolute atomic E-state index is 0.00517. The van der Waals surface area contributed by atoms with E-state index in [9.17, 15) is 75.4 Å². The van der Waals surface area contributed by atoms with Crippen LogP contribution >= 0.6 is 11.6 Å². The summed E-state index contributed by atoms with van der Waals surface area (Å²) in [6, 6.07) is 23.6. The van der Waals surface area contributed by atoms with E-state index in [0.29, 0.717) is 56.5 Å². The lowest BCUT2D eigenvalue weighted by Gasteiger charge is -2.30. The molecule has 3 aliphatic heterocycles. The number of hydrogen-bond donors (Lipinski definition) is 9. The van der Waals surface area contributed by atoms with Crippen molar-refractivity contribution in [3.05, 3.63) is 188 Å². The van der Waals surface area contributed by atoms with Gasteiger partial charge < -0.3 is 79.0 Å². The fourth-order valence-electron chi connectivity index (χ4n) is 13.0. The van der Waals surface area contributed by atoms with Gasteiger partial charge in [0.15, 0.2) is 91.7 Å². The number of hydrogen-bond acceptors (Lipinski definition) is 24. The minimum Gasteiger partial charge on any atom is -0.493 e. The number of aliphatic hydroxyl groups is 6. The summed E-state index contributed by atoms with van der Waals surface area (Å²) in [4.78, 5) is 52.9. The maximum Gasteiger partial charge on any atom is 0.197 e. The van der Waals surface area contributed by atoms with E-state index in [0.717, 1.165) is 18.2 Å². The Bertz CT molecular complexity index is 5240. The van der Waals surface area contributed by atoms with E-state index in [1.165, 1.54) is 105 Å². The number of carbonyl (C=O) groups excluding carboxylic acids is 3. The van der Waals surface area contributed by atoms with Gasteiger partial charge >= 0.3 is 0 Å². The molecule has 0 aliphatic carbocycles. The summed E-state index contributed by atoms with van der Waals surface area (Å²) in [7, 11) is 1.06. The zero-order valence-electron chi connectivity index (χ0n) is 71.9. The lowest BCUT2D eigenvalue weighted by Crippen LogP contribution is -2.47. The van der Waals surface area contributed by atoms with Crippen LogP contribution in [0.3, 0.4) is 0 Å². The average molecular weight is 1780 g/mol. The van der Waals surface area contributed by atoms with Crippen LogP contribution in [-0.2, 0) is 55.4 Å². The molecule has 123 heavy (non-hydrogen) atoms. The summed E-state index contributed by atoms with van der Waals surface area (Å²) in [6.07, 6.45) is -3.08. The Morgan fingerprint density at radius 3 is 1.09 bits per heavy atom. The molecule has 3 aliphatic rings. The van der Waals surface area contributed by atoms with Crippen molar-refractivity contribution >= 4 is 50.9 Å². The quantitative estimate of drug-likeness (QED) is 0.0105. The third kappa shape index (κ3) is 23.6. The summed E-state index contributed by atoms with van der Waals surface area (Å²) < 4.78 is 152. The van der Waals surface area contributed by atoms with Crippen LogP contribution in [0.15, 0.2) is 103 Å². The molecule has 0 bridgehead atoms. The van der Waals surface area contributed by atoms with E-state index >= 15 is 0 Å². The molecule has 34 heteroatoms. The molecule has 11 atom stereocenters. The van der Waals surface area contributed by atoms with Crippen LogP contribution in [0, 0.1) is 29.1 Å². The number of aliphatic hydroxyl groups excluding tert-OH is 3. The smallest absolute Gasteiger partial charge is 0.197 e. The molecule has 0 spiro atoms. The average Bonchev–Trinajstić information content (AvgIpc) is 1.61. The number of methoxy groups -OCH3 is 3. The highest BCUT2D eigenvalue weighted by Gasteiger charge is 2.46. The molecular formula is C89H108ClF5N6O20S2. The summed E-state index contributed by atoms with van der Waals surface area (Å²) >= 11 is 6.40. The Morgan fingerprint density at radius 1 is 0.480 bits per heavy atom. The van der Waals surface area contributed by atoms with Gasteiger partial charge in [-0.3, -0.25) is 14.4 Å². The number of halogens is 6. The van der Waals surface area contributed by atoms with Crippen molar-refractivity contribution in [3.63, 3.8) is 0 Å². The lowest BCUT2D eigenvalue weighted by atomic mass is 9.88. The van der Waals surface area contributed by atoms with Gasteiger partial charge in [0, 0.05) is 63.8 Å². The van der Waals surface area contributed by atoms with E-state index in [4.69, 9.17) is 65.0 Å². The first-order valence-corrected chi connectivity index (χ1v) is 42.2. The molecule has 2 unspecified atom stereocenters. The van der Waals surface area contributed by atoms with Gasteiger partial charge in [0.2, 0.25) is 0 Å². The number of carbonyl (C=O) groups is 3. The summed E-state index contributed by atoms with van der Waals surface area (Å²) in [6.45, 7) is 25.6. The number of ketones is 3. The minimum atomic E-state index is -1.64. The SMILES string of the molecule is COc1cc(C(=O)CC[C@@](C)(O)c2cc3c(c(-c4ccc(F)cc4)n2)OC[C@@]3(C)N)cc(F)c1OC[C@@H](C)O.COc1cc(C(=O)CC[C@@](C)(O)c2cc3c(c(-c4ccc(F)cc4)n2)OC[C@@]3(C)NS(=O)C(C)(C)C)cc(F)c1OC[C@@H](C)O.COc1cc(C(=O)CC[C@@](C)(O)c2cc3c(c(Cl)n2)OC[C@@]3(C)NS(=O)C(C)(C)C)cc(F)c1OC[C@@H](C)O. The standard InChI is InChI=1S/C33H40F2N2O7S.C29H32F2N2O6.C27H36ClFN2O7S/c1-19(38)17-43-30-24(35)14-21(15-26(30)42-7)25(39)12-13-33(6,40)27-16-23-29(28(36-27)20-8-10-22(34)11-9-20)44-18-32(23,5)37-45(41)31(2,3)4;1-16(34)14-38-27-21(31)11-18(12-23(27)37-4)22(35)9-10-29(3,36)24-13-20-26(39-15-28(20,2)32)25(33-24)17-5-7-19(30)8-6-17;1-15(32)13-37-23-18(29)10-16(11-20(23)36-7)19(33)8-9-27(6,34)21-12-17-22(24(28)30-21)38-14-26(17,5)31-39(35)25(2,3)4/h8-11,14-16,19,37-38,40H,12-13,17-18H2,1-7H3;5-8,11-13,16,34,36H,9-10,14-15,32H2,1-4H3;10-12,15,31-32,34H,8-9,13-14H2,1-7H3/t19-,32-,33-,45?;16-,28-,29-;15-,26-,27-,39?/m111/s1. The van der Waals surface area contributed by atoms with Gasteiger partial charge in [-0.15, -0.1) is 0 Å². The second-order valence-corrected chi connectivity index (χ2v) is 38.4. The van der Waals surface area contributed by atoms with Crippen molar-refractivity contribution < 1.29 is 118 Å². The zero-order chi connectivity index (χ0) is 91.2. The Morgan fingerprint density at radius 2 is 0.772 bits per heavy atom. The number of rotatable bonds is 33. The maximum absolute atomic E-state index is 14.9.